The Morgan fingerprint density at radius 1 is 1.18 bits per heavy atom. The number of hydrogen-bond acceptors (Lipinski definition) is 5. The lowest BCUT2D eigenvalue weighted by Gasteiger charge is -2.17. The number of fused-ring (bicyclic) bond motifs is 1. The first-order chi connectivity index (χ1) is 13.6. The maximum atomic E-state index is 12.7. The molecule has 2 N–H and O–H groups in total. The van der Waals surface area contributed by atoms with Crippen molar-refractivity contribution in [1.29, 1.82) is 0 Å². The second-order valence-electron chi connectivity index (χ2n) is 6.41. The number of para-hydroxylation sites is 2. The molecule has 0 bridgehead atoms. The highest BCUT2D eigenvalue weighted by Gasteiger charge is 2.19. The van der Waals surface area contributed by atoms with Crippen molar-refractivity contribution in [2.24, 2.45) is 0 Å². The summed E-state index contributed by atoms with van der Waals surface area (Å²) in [5.74, 6) is 2.92. The summed E-state index contributed by atoms with van der Waals surface area (Å²) in [5.41, 5.74) is 2.74. The second-order valence-corrected chi connectivity index (χ2v) is 7.39. The molecule has 1 atom stereocenters. The van der Waals surface area contributed by atoms with Gasteiger partial charge in [-0.15, -0.1) is 0 Å². The van der Waals surface area contributed by atoms with Gasteiger partial charge in [0.25, 0.3) is 0 Å². The Kier molecular flexibility index (Phi) is 6.81. The molecule has 0 unspecified atom stereocenters. The van der Waals surface area contributed by atoms with Gasteiger partial charge in [0, 0.05) is 0 Å². The molecule has 3 aromatic rings. The van der Waals surface area contributed by atoms with Crippen LogP contribution in [-0.2, 0) is 11.2 Å². The number of methoxy groups -OCH3 is 2. The highest BCUT2D eigenvalue weighted by molar-refractivity contribution is 7.98. The predicted octanol–water partition coefficient (Wildman–Crippen LogP) is 3.73. The highest BCUT2D eigenvalue weighted by Crippen LogP contribution is 2.28. The standard InChI is InChI=1S/C21H25N3O3S/c1-26-18-9-8-14(12-19(18)27-2)13-20(25)22-17(10-11-28-3)21-23-15-6-4-5-7-16(15)24-21/h4-9,12,17H,10-11,13H2,1-3H3,(H,22,25)(H,23,24)/t17-/m1/s1. The van der Waals surface area contributed by atoms with Crippen LogP contribution in [0.15, 0.2) is 42.5 Å². The van der Waals surface area contributed by atoms with Crippen molar-refractivity contribution in [3.8, 4) is 11.5 Å². The van der Waals surface area contributed by atoms with Gasteiger partial charge in [0.2, 0.25) is 5.91 Å². The van der Waals surface area contributed by atoms with Crippen molar-refractivity contribution in [2.75, 3.05) is 26.2 Å². The maximum absolute atomic E-state index is 12.7. The number of nitrogens with one attached hydrogen (secondary N) is 2. The lowest BCUT2D eigenvalue weighted by molar-refractivity contribution is -0.121. The van der Waals surface area contributed by atoms with Gasteiger partial charge >= 0.3 is 0 Å². The molecule has 0 aliphatic rings. The smallest absolute Gasteiger partial charge is 0.225 e. The Balaban J connectivity index is 1.74. The molecule has 148 valence electrons. The average Bonchev–Trinajstić information content (AvgIpc) is 3.15. The average molecular weight is 400 g/mol. The number of rotatable bonds is 9. The molecule has 0 fully saturated rings. The first kappa shape index (κ1) is 20.1. The molecule has 0 spiro atoms. The molecule has 1 heterocycles. The third kappa shape index (κ3) is 4.78. The molecule has 1 aromatic heterocycles. The van der Waals surface area contributed by atoms with Crippen molar-refractivity contribution in [2.45, 2.75) is 18.9 Å². The van der Waals surface area contributed by atoms with Crippen molar-refractivity contribution in [3.63, 3.8) is 0 Å². The third-order valence-corrected chi connectivity index (χ3v) is 5.14. The molecule has 3 rings (SSSR count). The number of aromatic nitrogens is 2. The Morgan fingerprint density at radius 2 is 1.96 bits per heavy atom. The van der Waals surface area contributed by atoms with Crippen LogP contribution in [-0.4, -0.2) is 42.1 Å². The topological polar surface area (TPSA) is 76.2 Å². The van der Waals surface area contributed by atoms with E-state index < -0.39 is 0 Å². The van der Waals surface area contributed by atoms with E-state index >= 15 is 0 Å². The SMILES string of the molecule is COc1ccc(CC(=O)N[C@H](CCSC)c2nc3ccccc3[nH]2)cc1OC. The Morgan fingerprint density at radius 3 is 2.68 bits per heavy atom. The van der Waals surface area contributed by atoms with Gasteiger partial charge in [0.15, 0.2) is 11.5 Å². The molecule has 28 heavy (non-hydrogen) atoms. The number of amides is 1. The van der Waals surface area contributed by atoms with Crippen molar-refractivity contribution in [3.05, 3.63) is 53.9 Å². The molecule has 2 aromatic carbocycles. The minimum Gasteiger partial charge on any atom is -0.493 e. The molecular weight excluding hydrogens is 374 g/mol. The zero-order chi connectivity index (χ0) is 19.9. The van der Waals surface area contributed by atoms with E-state index in [-0.39, 0.29) is 18.4 Å². The van der Waals surface area contributed by atoms with Crippen LogP contribution in [0, 0.1) is 0 Å². The first-order valence-electron chi connectivity index (χ1n) is 9.08. The molecule has 0 saturated carbocycles. The molecule has 0 saturated heterocycles. The fourth-order valence-electron chi connectivity index (χ4n) is 3.07. The normalized spacial score (nSPS) is 12.0. The van der Waals surface area contributed by atoms with E-state index in [2.05, 4.69) is 21.5 Å². The van der Waals surface area contributed by atoms with Gasteiger partial charge in [-0.2, -0.15) is 11.8 Å². The van der Waals surface area contributed by atoms with Gasteiger partial charge < -0.3 is 19.8 Å². The predicted molar refractivity (Wildman–Crippen MR) is 113 cm³/mol. The van der Waals surface area contributed by atoms with E-state index in [4.69, 9.17) is 9.47 Å². The van der Waals surface area contributed by atoms with E-state index in [0.29, 0.717) is 11.5 Å². The second kappa shape index (κ2) is 9.50. The van der Waals surface area contributed by atoms with E-state index in [0.717, 1.165) is 34.6 Å². The lowest BCUT2D eigenvalue weighted by atomic mass is 10.1. The van der Waals surface area contributed by atoms with Crippen LogP contribution >= 0.6 is 11.8 Å². The number of H-pyrrole nitrogens is 1. The van der Waals surface area contributed by atoms with E-state index in [1.54, 1.807) is 26.0 Å². The number of hydrogen-bond donors (Lipinski definition) is 2. The zero-order valence-corrected chi connectivity index (χ0v) is 17.1. The molecule has 0 aliphatic heterocycles. The molecule has 0 aliphatic carbocycles. The number of ether oxygens (including phenoxy) is 2. The van der Waals surface area contributed by atoms with Gasteiger partial charge in [-0.1, -0.05) is 18.2 Å². The molecule has 1 amide bonds. The van der Waals surface area contributed by atoms with Crippen LogP contribution in [0.4, 0.5) is 0 Å². The summed E-state index contributed by atoms with van der Waals surface area (Å²) in [4.78, 5) is 20.7. The van der Waals surface area contributed by atoms with Gasteiger partial charge in [-0.3, -0.25) is 4.79 Å². The van der Waals surface area contributed by atoms with E-state index in [1.165, 1.54) is 0 Å². The van der Waals surface area contributed by atoms with Crippen LogP contribution in [0.1, 0.15) is 23.9 Å². The van der Waals surface area contributed by atoms with Crippen LogP contribution < -0.4 is 14.8 Å². The van der Waals surface area contributed by atoms with Gasteiger partial charge in [-0.25, -0.2) is 4.98 Å². The third-order valence-electron chi connectivity index (χ3n) is 4.50. The summed E-state index contributed by atoms with van der Waals surface area (Å²) >= 11 is 1.75. The maximum Gasteiger partial charge on any atom is 0.225 e. The summed E-state index contributed by atoms with van der Waals surface area (Å²) in [6.07, 6.45) is 3.12. The zero-order valence-electron chi connectivity index (χ0n) is 16.3. The number of aromatic amines is 1. The van der Waals surface area contributed by atoms with E-state index in [9.17, 15) is 4.79 Å². The fraction of sp³-hybridized carbons (Fsp3) is 0.333. The lowest BCUT2D eigenvalue weighted by Crippen LogP contribution is -2.31. The molecule has 7 heteroatoms. The number of thioether (sulfide) groups is 1. The van der Waals surface area contributed by atoms with Crippen LogP contribution in [0.25, 0.3) is 11.0 Å². The summed E-state index contributed by atoms with van der Waals surface area (Å²) in [5, 5.41) is 3.13. The summed E-state index contributed by atoms with van der Waals surface area (Å²) in [7, 11) is 3.18. The number of carbonyl (C=O) groups is 1. The summed E-state index contributed by atoms with van der Waals surface area (Å²) in [6, 6.07) is 13.2. The van der Waals surface area contributed by atoms with Crippen molar-refractivity contribution < 1.29 is 14.3 Å². The number of carbonyl (C=O) groups excluding carboxylic acids is 1. The van der Waals surface area contributed by atoms with Crippen LogP contribution in [0.5, 0.6) is 11.5 Å². The number of benzene rings is 2. The minimum atomic E-state index is -0.160. The Labute approximate surface area is 169 Å². The monoisotopic (exact) mass is 399 g/mol. The molecule has 6 nitrogen and oxygen atoms in total. The van der Waals surface area contributed by atoms with Gasteiger partial charge in [-0.05, 0) is 48.3 Å². The van der Waals surface area contributed by atoms with Gasteiger partial charge in [0.05, 0.1) is 37.7 Å². The summed E-state index contributed by atoms with van der Waals surface area (Å²) in [6.45, 7) is 0. The van der Waals surface area contributed by atoms with E-state index in [1.807, 2.05) is 42.5 Å². The summed E-state index contributed by atoms with van der Waals surface area (Å²) < 4.78 is 10.6. The fourth-order valence-corrected chi connectivity index (χ4v) is 3.54. The molecule has 0 radical (unpaired) electrons. The van der Waals surface area contributed by atoms with Crippen molar-refractivity contribution >= 4 is 28.7 Å². The first-order valence-corrected chi connectivity index (χ1v) is 10.5. The van der Waals surface area contributed by atoms with Crippen LogP contribution in [0.2, 0.25) is 0 Å². The van der Waals surface area contributed by atoms with Crippen LogP contribution in [0.3, 0.4) is 0 Å². The highest BCUT2D eigenvalue weighted by atomic mass is 32.2. The quantitative estimate of drug-likeness (QED) is 0.573. The number of imidazole rings is 1. The largest absolute Gasteiger partial charge is 0.493 e. The van der Waals surface area contributed by atoms with Crippen molar-refractivity contribution in [1.82, 2.24) is 15.3 Å². The number of nitrogens with zero attached hydrogens (tertiary/aromatic N) is 1. The van der Waals surface area contributed by atoms with Gasteiger partial charge in [0.1, 0.15) is 5.82 Å². The Hall–Kier alpha value is -2.67. The Bertz CT molecular complexity index is 909. The minimum absolute atomic E-state index is 0.0567. The molecular formula is C21H25N3O3S.